The maximum atomic E-state index is 12.8. The molecule has 2 fully saturated rings. The van der Waals surface area contributed by atoms with Crippen molar-refractivity contribution in [2.45, 2.75) is 25.0 Å². The SMILES string of the molecule is O=C1C2CCCN2C(c2cccc(Br)c2)N1c1nccs1. The summed E-state index contributed by atoms with van der Waals surface area (Å²) in [7, 11) is 0. The minimum Gasteiger partial charge on any atom is -0.273 e. The minimum absolute atomic E-state index is 0.0119. The largest absolute Gasteiger partial charge is 0.273 e. The fourth-order valence-electron chi connectivity index (χ4n) is 3.32. The summed E-state index contributed by atoms with van der Waals surface area (Å²) in [5, 5.41) is 2.71. The van der Waals surface area contributed by atoms with Crippen LogP contribution in [-0.4, -0.2) is 28.4 Å². The molecular weight excluding hydrogens is 350 g/mol. The first kappa shape index (κ1) is 13.4. The average Bonchev–Trinajstić information content (AvgIpc) is 3.17. The summed E-state index contributed by atoms with van der Waals surface area (Å²) in [6.07, 6.45) is 3.76. The number of benzene rings is 1. The second-order valence-electron chi connectivity index (χ2n) is 5.35. The van der Waals surface area contributed by atoms with Gasteiger partial charge in [-0.15, -0.1) is 11.3 Å². The van der Waals surface area contributed by atoms with Crippen molar-refractivity contribution in [3.05, 3.63) is 45.9 Å². The van der Waals surface area contributed by atoms with Crippen LogP contribution in [0.4, 0.5) is 5.13 Å². The Morgan fingerprint density at radius 2 is 2.29 bits per heavy atom. The Bertz CT molecular complexity index is 675. The zero-order chi connectivity index (χ0) is 14.4. The van der Waals surface area contributed by atoms with Crippen LogP contribution in [0.15, 0.2) is 40.3 Å². The molecule has 2 atom stereocenters. The van der Waals surface area contributed by atoms with Crippen molar-refractivity contribution in [1.82, 2.24) is 9.88 Å². The van der Waals surface area contributed by atoms with Crippen molar-refractivity contribution in [1.29, 1.82) is 0 Å². The number of aromatic nitrogens is 1. The van der Waals surface area contributed by atoms with E-state index in [1.807, 2.05) is 22.4 Å². The van der Waals surface area contributed by atoms with Crippen LogP contribution >= 0.6 is 27.3 Å². The summed E-state index contributed by atoms with van der Waals surface area (Å²) in [4.78, 5) is 21.3. The fourth-order valence-corrected chi connectivity index (χ4v) is 4.40. The van der Waals surface area contributed by atoms with Crippen LogP contribution in [0.5, 0.6) is 0 Å². The van der Waals surface area contributed by atoms with E-state index in [1.165, 1.54) is 11.3 Å². The first-order valence-corrected chi connectivity index (χ1v) is 8.67. The van der Waals surface area contributed by atoms with E-state index in [4.69, 9.17) is 0 Å². The van der Waals surface area contributed by atoms with Gasteiger partial charge in [0, 0.05) is 22.6 Å². The molecule has 0 spiro atoms. The summed E-state index contributed by atoms with van der Waals surface area (Å²) in [5.74, 6) is 0.187. The van der Waals surface area contributed by atoms with Gasteiger partial charge < -0.3 is 0 Å². The number of carbonyl (C=O) groups is 1. The Balaban J connectivity index is 1.82. The normalized spacial score (nSPS) is 25.6. The highest BCUT2D eigenvalue weighted by Gasteiger charge is 2.50. The zero-order valence-corrected chi connectivity index (χ0v) is 13.7. The van der Waals surface area contributed by atoms with Crippen molar-refractivity contribution in [3.8, 4) is 0 Å². The lowest BCUT2D eigenvalue weighted by Crippen LogP contribution is -2.32. The van der Waals surface area contributed by atoms with E-state index in [9.17, 15) is 4.79 Å². The maximum Gasteiger partial charge on any atom is 0.247 e. The molecule has 6 heteroatoms. The van der Waals surface area contributed by atoms with E-state index >= 15 is 0 Å². The molecule has 2 unspecified atom stereocenters. The van der Waals surface area contributed by atoms with E-state index in [0.29, 0.717) is 0 Å². The Kier molecular flexibility index (Phi) is 3.32. The van der Waals surface area contributed by atoms with E-state index in [-0.39, 0.29) is 18.1 Å². The molecule has 0 aliphatic carbocycles. The lowest BCUT2D eigenvalue weighted by atomic mass is 10.1. The van der Waals surface area contributed by atoms with Gasteiger partial charge in [-0.25, -0.2) is 4.98 Å². The number of rotatable bonds is 2. The number of halogens is 1. The lowest BCUT2D eigenvalue weighted by Gasteiger charge is -2.28. The smallest absolute Gasteiger partial charge is 0.247 e. The molecule has 0 saturated carbocycles. The molecule has 0 radical (unpaired) electrons. The number of thiazole rings is 1. The van der Waals surface area contributed by atoms with Crippen LogP contribution in [0.2, 0.25) is 0 Å². The summed E-state index contributed by atoms with van der Waals surface area (Å²) in [6.45, 7) is 0.968. The van der Waals surface area contributed by atoms with Crippen LogP contribution in [0, 0.1) is 0 Å². The summed E-state index contributed by atoms with van der Waals surface area (Å²) in [5.41, 5.74) is 1.14. The molecule has 2 aliphatic heterocycles. The molecule has 1 amide bonds. The van der Waals surface area contributed by atoms with Gasteiger partial charge >= 0.3 is 0 Å². The van der Waals surface area contributed by atoms with Crippen molar-refractivity contribution in [3.63, 3.8) is 0 Å². The molecule has 21 heavy (non-hydrogen) atoms. The number of nitrogens with zero attached hydrogens (tertiary/aromatic N) is 3. The van der Waals surface area contributed by atoms with Crippen molar-refractivity contribution in [2.75, 3.05) is 11.4 Å². The van der Waals surface area contributed by atoms with Gasteiger partial charge in [-0.3, -0.25) is 14.6 Å². The third-order valence-electron chi connectivity index (χ3n) is 4.15. The van der Waals surface area contributed by atoms with Gasteiger partial charge in [0.1, 0.15) is 6.17 Å². The highest BCUT2D eigenvalue weighted by Crippen LogP contribution is 2.43. The predicted molar refractivity (Wildman–Crippen MR) is 86.2 cm³/mol. The van der Waals surface area contributed by atoms with Gasteiger partial charge in [-0.2, -0.15) is 0 Å². The molecule has 4 rings (SSSR count). The Morgan fingerprint density at radius 1 is 1.38 bits per heavy atom. The molecule has 0 N–H and O–H groups in total. The van der Waals surface area contributed by atoms with Crippen LogP contribution in [0.1, 0.15) is 24.6 Å². The average molecular weight is 364 g/mol. The van der Waals surface area contributed by atoms with E-state index in [0.717, 1.165) is 34.6 Å². The molecule has 2 saturated heterocycles. The molecular formula is C15H14BrN3OS. The highest BCUT2D eigenvalue weighted by atomic mass is 79.9. The number of hydrogen-bond acceptors (Lipinski definition) is 4. The van der Waals surface area contributed by atoms with E-state index in [2.05, 4.69) is 37.9 Å². The molecule has 3 heterocycles. The Morgan fingerprint density at radius 3 is 3.05 bits per heavy atom. The topological polar surface area (TPSA) is 36.4 Å². The third-order valence-corrected chi connectivity index (χ3v) is 5.41. The van der Waals surface area contributed by atoms with Gasteiger partial charge in [-0.1, -0.05) is 28.1 Å². The maximum absolute atomic E-state index is 12.8. The van der Waals surface area contributed by atoms with Crippen LogP contribution in [-0.2, 0) is 4.79 Å². The summed E-state index contributed by atoms with van der Waals surface area (Å²) >= 11 is 5.05. The van der Waals surface area contributed by atoms with Crippen LogP contribution < -0.4 is 4.90 Å². The van der Waals surface area contributed by atoms with Crippen LogP contribution in [0.3, 0.4) is 0 Å². The number of anilines is 1. The summed E-state index contributed by atoms with van der Waals surface area (Å²) < 4.78 is 1.04. The number of amides is 1. The van der Waals surface area contributed by atoms with Crippen LogP contribution in [0.25, 0.3) is 0 Å². The van der Waals surface area contributed by atoms with Gasteiger partial charge in [0.15, 0.2) is 5.13 Å². The Labute approximate surface area is 135 Å². The van der Waals surface area contributed by atoms with E-state index in [1.54, 1.807) is 6.20 Å². The second kappa shape index (κ2) is 5.19. The van der Waals surface area contributed by atoms with Gasteiger partial charge in [0.2, 0.25) is 5.91 Å². The molecule has 1 aromatic heterocycles. The zero-order valence-electron chi connectivity index (χ0n) is 11.3. The number of carbonyl (C=O) groups excluding carboxylic acids is 1. The molecule has 2 aliphatic rings. The molecule has 108 valence electrons. The highest BCUT2D eigenvalue weighted by molar-refractivity contribution is 9.10. The van der Waals surface area contributed by atoms with Crippen molar-refractivity contribution >= 4 is 38.3 Å². The lowest BCUT2D eigenvalue weighted by molar-refractivity contribution is -0.119. The predicted octanol–water partition coefficient (Wildman–Crippen LogP) is 3.42. The monoisotopic (exact) mass is 363 g/mol. The number of hydrogen-bond donors (Lipinski definition) is 0. The molecule has 2 aromatic rings. The van der Waals surface area contributed by atoms with E-state index < -0.39 is 0 Å². The first-order chi connectivity index (χ1) is 10.3. The minimum atomic E-state index is -0.0337. The van der Waals surface area contributed by atoms with Crippen molar-refractivity contribution < 1.29 is 4.79 Å². The molecule has 1 aromatic carbocycles. The fraction of sp³-hybridized carbons (Fsp3) is 0.333. The van der Waals surface area contributed by atoms with Crippen molar-refractivity contribution in [2.24, 2.45) is 0 Å². The summed E-state index contributed by atoms with van der Waals surface area (Å²) in [6, 6.07) is 8.23. The standard InChI is InChI=1S/C15H14BrN3OS/c16-11-4-1-3-10(9-11)13-18-7-2-5-12(18)14(20)19(13)15-17-6-8-21-15/h1,3-4,6,8-9,12-13H,2,5,7H2. The Hall–Kier alpha value is -1.24. The second-order valence-corrected chi connectivity index (χ2v) is 7.14. The van der Waals surface area contributed by atoms with Gasteiger partial charge in [0.05, 0.1) is 6.04 Å². The quantitative estimate of drug-likeness (QED) is 0.820. The molecule has 0 bridgehead atoms. The van der Waals surface area contributed by atoms with Gasteiger partial charge in [0.25, 0.3) is 0 Å². The van der Waals surface area contributed by atoms with Gasteiger partial charge in [-0.05, 0) is 30.5 Å². The number of fused-ring (bicyclic) bond motifs is 1. The third kappa shape index (κ3) is 2.13. The molecule has 4 nitrogen and oxygen atoms in total. The first-order valence-electron chi connectivity index (χ1n) is 6.99.